The summed E-state index contributed by atoms with van der Waals surface area (Å²) in [5, 5.41) is 0. The van der Waals surface area contributed by atoms with Crippen molar-refractivity contribution >= 4 is 5.95 Å². The van der Waals surface area contributed by atoms with Crippen molar-refractivity contribution in [3.63, 3.8) is 0 Å². The van der Waals surface area contributed by atoms with E-state index in [1.165, 1.54) is 0 Å². The highest BCUT2D eigenvalue weighted by Gasteiger charge is 2.11. The van der Waals surface area contributed by atoms with Gasteiger partial charge < -0.3 is 14.4 Å². The molecule has 0 fully saturated rings. The molecule has 6 heteroatoms. The number of likely N-dealkylation sites (N-methyl/N-ethyl adjacent to an activating group) is 1. The van der Waals surface area contributed by atoms with E-state index in [1.54, 1.807) is 6.08 Å². The molecule has 1 aromatic heterocycles. The average Bonchev–Trinajstić information content (AvgIpc) is 2.48. The maximum absolute atomic E-state index is 5.46. The van der Waals surface area contributed by atoms with Crippen molar-refractivity contribution in [2.45, 2.75) is 13.8 Å². The van der Waals surface area contributed by atoms with Crippen LogP contribution in [0.3, 0.4) is 0 Å². The van der Waals surface area contributed by atoms with Crippen molar-refractivity contribution in [3.05, 3.63) is 37.0 Å². The van der Waals surface area contributed by atoms with E-state index in [4.69, 9.17) is 9.47 Å². The molecule has 114 valence electrons. The van der Waals surface area contributed by atoms with Crippen LogP contribution in [0, 0.1) is 0 Å². The second-order valence-corrected chi connectivity index (χ2v) is 4.13. The molecule has 0 radical (unpaired) electrons. The summed E-state index contributed by atoms with van der Waals surface area (Å²) in [6.07, 6.45) is 9.31. The lowest BCUT2D eigenvalue weighted by Crippen LogP contribution is -2.20. The average molecular weight is 290 g/mol. The quantitative estimate of drug-likeness (QED) is 0.651. The topological polar surface area (TPSA) is 60.4 Å². The van der Waals surface area contributed by atoms with E-state index < -0.39 is 0 Å². The molecule has 0 aliphatic rings. The first-order valence-corrected chi connectivity index (χ1v) is 6.77. The summed E-state index contributed by atoms with van der Waals surface area (Å²) < 4.78 is 10.9. The van der Waals surface area contributed by atoms with Gasteiger partial charge in [-0.1, -0.05) is 30.4 Å². The SMILES string of the molecule is C=CCN(C)c1nc(OCC=CC)nc(OCC=CC)n1. The fraction of sp³-hybridized carbons (Fsp3) is 0.400. The standard InChI is InChI=1S/C15H22N4O2/c1-5-8-11-20-14-16-13(19(4)10-7-3)17-15(18-14)21-12-9-6-2/h5-9H,3,10-12H2,1-2,4H3. The molecule has 1 heterocycles. The molecule has 0 saturated carbocycles. The molecular weight excluding hydrogens is 268 g/mol. The molecule has 6 nitrogen and oxygen atoms in total. The van der Waals surface area contributed by atoms with Gasteiger partial charge in [0.05, 0.1) is 0 Å². The van der Waals surface area contributed by atoms with Crippen LogP contribution in [0.2, 0.25) is 0 Å². The highest BCUT2D eigenvalue weighted by atomic mass is 16.5. The number of nitrogens with zero attached hydrogens (tertiary/aromatic N) is 4. The number of hydrogen-bond donors (Lipinski definition) is 0. The van der Waals surface area contributed by atoms with Crippen LogP contribution in [0.4, 0.5) is 5.95 Å². The summed E-state index contributed by atoms with van der Waals surface area (Å²) in [5.74, 6) is 0.482. The number of aromatic nitrogens is 3. The Kier molecular flexibility index (Phi) is 7.56. The van der Waals surface area contributed by atoms with Gasteiger partial charge in [-0.15, -0.1) is 11.6 Å². The minimum Gasteiger partial charge on any atom is -0.459 e. The molecule has 0 N–H and O–H groups in total. The summed E-state index contributed by atoms with van der Waals surface area (Å²) >= 11 is 0. The minimum atomic E-state index is 0.240. The highest BCUT2D eigenvalue weighted by molar-refractivity contribution is 5.31. The molecule has 0 amide bonds. The Hall–Kier alpha value is -2.37. The van der Waals surface area contributed by atoms with Crippen LogP contribution in [0.25, 0.3) is 0 Å². The van der Waals surface area contributed by atoms with Crippen molar-refractivity contribution < 1.29 is 9.47 Å². The van der Waals surface area contributed by atoms with Crippen LogP contribution in [0.5, 0.6) is 12.0 Å². The lowest BCUT2D eigenvalue weighted by molar-refractivity contribution is 0.298. The summed E-state index contributed by atoms with van der Waals surface area (Å²) in [7, 11) is 1.86. The molecule has 0 atom stereocenters. The van der Waals surface area contributed by atoms with Crippen LogP contribution in [-0.4, -0.2) is 41.8 Å². The molecule has 0 aliphatic carbocycles. The first-order valence-electron chi connectivity index (χ1n) is 6.77. The molecule has 0 bridgehead atoms. The van der Waals surface area contributed by atoms with Crippen molar-refractivity contribution in [1.82, 2.24) is 15.0 Å². The molecule has 21 heavy (non-hydrogen) atoms. The summed E-state index contributed by atoms with van der Waals surface area (Å²) in [4.78, 5) is 14.5. The Labute approximate surface area is 125 Å². The third-order valence-corrected chi connectivity index (χ3v) is 2.42. The first kappa shape index (κ1) is 16.7. The number of allylic oxidation sites excluding steroid dienone is 2. The fourth-order valence-corrected chi connectivity index (χ4v) is 1.34. The van der Waals surface area contributed by atoms with Gasteiger partial charge in [0.2, 0.25) is 5.95 Å². The molecule has 0 unspecified atom stereocenters. The van der Waals surface area contributed by atoms with E-state index in [0.29, 0.717) is 25.7 Å². The molecule has 1 rings (SSSR count). The van der Waals surface area contributed by atoms with Crippen molar-refractivity contribution in [3.8, 4) is 12.0 Å². The van der Waals surface area contributed by atoms with E-state index in [-0.39, 0.29) is 12.0 Å². The first-order chi connectivity index (χ1) is 10.2. The normalized spacial score (nSPS) is 11.0. The predicted octanol–water partition coefficient (Wildman–Crippen LogP) is 2.40. The fourth-order valence-electron chi connectivity index (χ4n) is 1.34. The van der Waals surface area contributed by atoms with E-state index in [0.717, 1.165) is 0 Å². The second-order valence-electron chi connectivity index (χ2n) is 4.13. The van der Waals surface area contributed by atoms with Crippen LogP contribution in [0.1, 0.15) is 13.8 Å². The Morgan fingerprint density at radius 1 is 1.00 bits per heavy atom. The smallest absolute Gasteiger partial charge is 0.324 e. The van der Waals surface area contributed by atoms with E-state index in [2.05, 4.69) is 21.5 Å². The third kappa shape index (κ3) is 6.07. The Morgan fingerprint density at radius 2 is 1.52 bits per heavy atom. The van der Waals surface area contributed by atoms with Crippen LogP contribution < -0.4 is 14.4 Å². The van der Waals surface area contributed by atoms with Gasteiger partial charge in [0.15, 0.2) is 0 Å². The zero-order valence-electron chi connectivity index (χ0n) is 12.8. The Balaban J connectivity index is 2.91. The van der Waals surface area contributed by atoms with E-state index in [1.807, 2.05) is 50.1 Å². The maximum Gasteiger partial charge on any atom is 0.324 e. The van der Waals surface area contributed by atoms with Crippen LogP contribution in [0.15, 0.2) is 37.0 Å². The lowest BCUT2D eigenvalue weighted by Gasteiger charge is -2.15. The number of ether oxygens (including phenoxy) is 2. The van der Waals surface area contributed by atoms with Gasteiger partial charge in [-0.25, -0.2) is 0 Å². The van der Waals surface area contributed by atoms with E-state index >= 15 is 0 Å². The summed E-state index contributed by atoms with van der Waals surface area (Å²) in [6.45, 7) is 8.97. The van der Waals surface area contributed by atoms with Crippen LogP contribution >= 0.6 is 0 Å². The lowest BCUT2D eigenvalue weighted by atomic mass is 10.5. The predicted molar refractivity (Wildman–Crippen MR) is 83.9 cm³/mol. The van der Waals surface area contributed by atoms with E-state index in [9.17, 15) is 0 Å². The van der Waals surface area contributed by atoms with Gasteiger partial charge >= 0.3 is 12.0 Å². The highest BCUT2D eigenvalue weighted by Crippen LogP contribution is 2.15. The van der Waals surface area contributed by atoms with Crippen LogP contribution in [-0.2, 0) is 0 Å². The molecule has 1 aromatic rings. The van der Waals surface area contributed by atoms with Crippen molar-refractivity contribution in [2.75, 3.05) is 31.7 Å². The molecule has 0 spiro atoms. The van der Waals surface area contributed by atoms with Gasteiger partial charge in [0.25, 0.3) is 0 Å². The summed E-state index contributed by atoms with van der Waals surface area (Å²) in [5.41, 5.74) is 0. The molecule has 0 saturated heterocycles. The van der Waals surface area contributed by atoms with Crippen molar-refractivity contribution in [2.24, 2.45) is 0 Å². The third-order valence-electron chi connectivity index (χ3n) is 2.42. The largest absolute Gasteiger partial charge is 0.459 e. The number of rotatable bonds is 9. The molecular formula is C15H22N4O2. The second kappa shape index (κ2) is 9.52. The van der Waals surface area contributed by atoms with Gasteiger partial charge in [0, 0.05) is 13.6 Å². The number of anilines is 1. The Bertz CT molecular complexity index is 466. The molecule has 0 aliphatic heterocycles. The summed E-state index contributed by atoms with van der Waals surface area (Å²) in [6, 6.07) is 0.481. The van der Waals surface area contributed by atoms with Gasteiger partial charge in [-0.3, -0.25) is 0 Å². The van der Waals surface area contributed by atoms with Gasteiger partial charge in [-0.2, -0.15) is 9.97 Å². The zero-order chi connectivity index (χ0) is 15.5. The zero-order valence-corrected chi connectivity index (χ0v) is 12.8. The van der Waals surface area contributed by atoms with Gasteiger partial charge in [0.1, 0.15) is 13.2 Å². The van der Waals surface area contributed by atoms with Crippen molar-refractivity contribution in [1.29, 1.82) is 0 Å². The Morgan fingerprint density at radius 3 is 1.95 bits per heavy atom. The number of hydrogen-bond acceptors (Lipinski definition) is 6. The monoisotopic (exact) mass is 290 g/mol. The molecule has 0 aromatic carbocycles. The maximum atomic E-state index is 5.46. The van der Waals surface area contributed by atoms with Gasteiger partial charge in [-0.05, 0) is 13.8 Å². The minimum absolute atomic E-state index is 0.240.